The predicted molar refractivity (Wildman–Crippen MR) is 60.3 cm³/mol. The van der Waals surface area contributed by atoms with Crippen molar-refractivity contribution >= 4 is 29.9 Å². The Labute approximate surface area is 88.6 Å². The van der Waals surface area contributed by atoms with Crippen LogP contribution in [0.25, 0.3) is 0 Å². The highest BCUT2D eigenvalue weighted by Crippen LogP contribution is 2.27. The molecule has 1 aromatic carbocycles. The Morgan fingerprint density at radius 3 is 2.92 bits per heavy atom. The Hall–Kier alpha value is -0.540. The zero-order chi connectivity index (χ0) is 9.68. The van der Waals surface area contributed by atoms with Crippen LogP contribution in [0.4, 0.5) is 5.69 Å². The van der Waals surface area contributed by atoms with E-state index in [0.29, 0.717) is 5.02 Å². The number of ether oxygens (including phenoxy) is 1. The number of thiol groups is 1. The van der Waals surface area contributed by atoms with Gasteiger partial charge in [0, 0.05) is 17.3 Å². The first kappa shape index (κ1) is 10.5. The third-order valence-electron chi connectivity index (χ3n) is 1.59. The second kappa shape index (κ2) is 5.25. The third-order valence-corrected chi connectivity index (χ3v) is 2.05. The molecule has 0 amide bonds. The van der Waals surface area contributed by atoms with Gasteiger partial charge in [-0.2, -0.15) is 12.6 Å². The summed E-state index contributed by atoms with van der Waals surface area (Å²) in [6.07, 6.45) is 0. The van der Waals surface area contributed by atoms with Gasteiger partial charge in [0.15, 0.2) is 0 Å². The fraction of sp³-hybridized carbons (Fsp3) is 0.333. The van der Waals surface area contributed by atoms with E-state index in [0.717, 1.165) is 23.7 Å². The average Bonchev–Trinajstić information content (AvgIpc) is 2.15. The van der Waals surface area contributed by atoms with Gasteiger partial charge in [0.2, 0.25) is 0 Å². The van der Waals surface area contributed by atoms with Gasteiger partial charge in [0.1, 0.15) is 5.75 Å². The molecule has 2 nitrogen and oxygen atoms in total. The molecule has 0 saturated heterocycles. The Morgan fingerprint density at radius 1 is 1.54 bits per heavy atom. The zero-order valence-electron chi connectivity index (χ0n) is 7.38. The SMILES string of the molecule is COc1ccc(Cl)cc1NCCS. The first-order valence-electron chi connectivity index (χ1n) is 3.96. The summed E-state index contributed by atoms with van der Waals surface area (Å²) >= 11 is 9.94. The maximum Gasteiger partial charge on any atom is 0.142 e. The summed E-state index contributed by atoms with van der Waals surface area (Å²) in [5, 5.41) is 3.87. The summed E-state index contributed by atoms with van der Waals surface area (Å²) in [5.41, 5.74) is 0.907. The number of benzene rings is 1. The van der Waals surface area contributed by atoms with Crippen LogP contribution in [0.3, 0.4) is 0 Å². The normalized spacial score (nSPS) is 9.77. The van der Waals surface area contributed by atoms with E-state index in [1.54, 1.807) is 13.2 Å². The highest BCUT2D eigenvalue weighted by molar-refractivity contribution is 7.80. The van der Waals surface area contributed by atoms with Crippen LogP contribution < -0.4 is 10.1 Å². The van der Waals surface area contributed by atoms with E-state index in [-0.39, 0.29) is 0 Å². The van der Waals surface area contributed by atoms with Crippen molar-refractivity contribution in [3.8, 4) is 5.75 Å². The van der Waals surface area contributed by atoms with Crippen LogP contribution in [-0.2, 0) is 0 Å². The summed E-state index contributed by atoms with van der Waals surface area (Å²) in [5.74, 6) is 1.57. The lowest BCUT2D eigenvalue weighted by Gasteiger charge is -2.10. The van der Waals surface area contributed by atoms with Crippen LogP contribution in [-0.4, -0.2) is 19.4 Å². The van der Waals surface area contributed by atoms with Gasteiger partial charge in [0.05, 0.1) is 12.8 Å². The molecule has 4 heteroatoms. The van der Waals surface area contributed by atoms with Crippen LogP contribution >= 0.6 is 24.2 Å². The predicted octanol–water partition coefficient (Wildman–Crippen LogP) is 2.69. The van der Waals surface area contributed by atoms with Gasteiger partial charge in [0.25, 0.3) is 0 Å². The molecule has 0 atom stereocenters. The standard InChI is InChI=1S/C9H12ClNOS/c1-12-9-3-2-7(10)6-8(9)11-4-5-13/h2-3,6,11,13H,4-5H2,1H3. The smallest absolute Gasteiger partial charge is 0.142 e. The van der Waals surface area contributed by atoms with Crippen molar-refractivity contribution in [2.24, 2.45) is 0 Å². The number of methoxy groups -OCH3 is 1. The molecule has 0 fully saturated rings. The molecule has 72 valence electrons. The molecule has 0 aliphatic rings. The second-order valence-corrected chi connectivity index (χ2v) is 3.38. The van der Waals surface area contributed by atoms with Crippen LogP contribution in [0.15, 0.2) is 18.2 Å². The monoisotopic (exact) mass is 217 g/mol. The molecule has 0 saturated carbocycles. The van der Waals surface area contributed by atoms with Crippen molar-refractivity contribution < 1.29 is 4.74 Å². The van der Waals surface area contributed by atoms with Crippen LogP contribution in [0, 0.1) is 0 Å². The molecule has 1 aromatic rings. The summed E-state index contributed by atoms with van der Waals surface area (Å²) in [6.45, 7) is 0.791. The van der Waals surface area contributed by atoms with Gasteiger partial charge in [-0.05, 0) is 18.2 Å². The van der Waals surface area contributed by atoms with E-state index in [9.17, 15) is 0 Å². The fourth-order valence-corrected chi connectivity index (χ4v) is 1.29. The second-order valence-electron chi connectivity index (χ2n) is 2.49. The van der Waals surface area contributed by atoms with E-state index in [4.69, 9.17) is 16.3 Å². The van der Waals surface area contributed by atoms with Gasteiger partial charge in [-0.15, -0.1) is 0 Å². The highest BCUT2D eigenvalue weighted by Gasteiger charge is 2.01. The Kier molecular flexibility index (Phi) is 4.25. The summed E-state index contributed by atoms with van der Waals surface area (Å²) < 4.78 is 5.15. The number of hydrogen-bond acceptors (Lipinski definition) is 3. The number of hydrogen-bond donors (Lipinski definition) is 2. The minimum absolute atomic E-state index is 0.697. The quantitative estimate of drug-likeness (QED) is 0.757. The van der Waals surface area contributed by atoms with Gasteiger partial charge < -0.3 is 10.1 Å². The van der Waals surface area contributed by atoms with Crippen molar-refractivity contribution in [2.45, 2.75) is 0 Å². The van der Waals surface area contributed by atoms with E-state index >= 15 is 0 Å². The molecule has 13 heavy (non-hydrogen) atoms. The van der Waals surface area contributed by atoms with Crippen molar-refractivity contribution in [3.05, 3.63) is 23.2 Å². The lowest BCUT2D eigenvalue weighted by molar-refractivity contribution is 0.416. The van der Waals surface area contributed by atoms with E-state index in [2.05, 4.69) is 17.9 Å². The molecule has 0 bridgehead atoms. The Balaban J connectivity index is 2.81. The molecule has 0 radical (unpaired) electrons. The molecule has 1 rings (SSSR count). The van der Waals surface area contributed by atoms with Crippen LogP contribution in [0.2, 0.25) is 5.02 Å². The topological polar surface area (TPSA) is 21.3 Å². The molecule has 0 heterocycles. The summed E-state index contributed by atoms with van der Waals surface area (Å²) in [6, 6.07) is 5.47. The molecule has 1 N–H and O–H groups in total. The molecule has 0 unspecified atom stereocenters. The number of anilines is 1. The fourth-order valence-electron chi connectivity index (χ4n) is 1.01. The van der Waals surface area contributed by atoms with Crippen LogP contribution in [0.1, 0.15) is 0 Å². The van der Waals surface area contributed by atoms with Crippen molar-refractivity contribution in [1.82, 2.24) is 0 Å². The maximum atomic E-state index is 5.84. The lowest BCUT2D eigenvalue weighted by Crippen LogP contribution is -2.03. The summed E-state index contributed by atoms with van der Waals surface area (Å²) in [7, 11) is 1.63. The van der Waals surface area contributed by atoms with Crippen molar-refractivity contribution in [3.63, 3.8) is 0 Å². The molecular weight excluding hydrogens is 206 g/mol. The highest BCUT2D eigenvalue weighted by atomic mass is 35.5. The van der Waals surface area contributed by atoms with Gasteiger partial charge in [-0.1, -0.05) is 11.6 Å². The molecule has 0 aliphatic heterocycles. The van der Waals surface area contributed by atoms with Gasteiger partial charge >= 0.3 is 0 Å². The van der Waals surface area contributed by atoms with E-state index < -0.39 is 0 Å². The molecular formula is C9H12ClNOS. The number of halogens is 1. The summed E-state index contributed by atoms with van der Waals surface area (Å²) in [4.78, 5) is 0. The van der Waals surface area contributed by atoms with E-state index in [1.165, 1.54) is 0 Å². The third kappa shape index (κ3) is 3.01. The first-order valence-corrected chi connectivity index (χ1v) is 4.97. The number of nitrogens with one attached hydrogen (secondary N) is 1. The van der Waals surface area contributed by atoms with Gasteiger partial charge in [-0.3, -0.25) is 0 Å². The van der Waals surface area contributed by atoms with Crippen molar-refractivity contribution in [1.29, 1.82) is 0 Å². The maximum absolute atomic E-state index is 5.84. The van der Waals surface area contributed by atoms with Crippen molar-refractivity contribution in [2.75, 3.05) is 24.7 Å². The first-order chi connectivity index (χ1) is 6.27. The average molecular weight is 218 g/mol. The minimum Gasteiger partial charge on any atom is -0.495 e. The molecule has 0 spiro atoms. The lowest BCUT2D eigenvalue weighted by atomic mass is 10.3. The zero-order valence-corrected chi connectivity index (χ0v) is 9.03. The Bertz CT molecular complexity index is 280. The molecule has 0 aliphatic carbocycles. The largest absolute Gasteiger partial charge is 0.495 e. The van der Waals surface area contributed by atoms with E-state index in [1.807, 2.05) is 12.1 Å². The molecule has 0 aromatic heterocycles. The number of rotatable bonds is 4. The van der Waals surface area contributed by atoms with Gasteiger partial charge in [-0.25, -0.2) is 0 Å². The van der Waals surface area contributed by atoms with Crippen LogP contribution in [0.5, 0.6) is 5.75 Å². The minimum atomic E-state index is 0.697. The Morgan fingerprint density at radius 2 is 2.31 bits per heavy atom.